The summed E-state index contributed by atoms with van der Waals surface area (Å²) in [6.45, 7) is -2.84. The van der Waals surface area contributed by atoms with Gasteiger partial charge in [0.1, 0.15) is 11.4 Å². The lowest BCUT2D eigenvalue weighted by Crippen LogP contribution is -2.01. The average Bonchev–Trinajstić information content (AvgIpc) is 2.57. The number of aryl methyl sites for hydroxylation is 1. The summed E-state index contributed by atoms with van der Waals surface area (Å²) >= 11 is 0. The molecule has 0 atom stereocenters. The minimum atomic E-state index is -2.84. The SMILES string of the molecule is Cn1cc(N)c(-c2cccc(OC(F)F)c2)n1. The van der Waals surface area contributed by atoms with Crippen LogP contribution in [0.1, 0.15) is 0 Å². The zero-order valence-electron chi connectivity index (χ0n) is 9.10. The maximum absolute atomic E-state index is 12.1. The summed E-state index contributed by atoms with van der Waals surface area (Å²) in [5.74, 6) is 0.0857. The summed E-state index contributed by atoms with van der Waals surface area (Å²) in [5.41, 5.74) is 7.43. The Morgan fingerprint density at radius 2 is 2.18 bits per heavy atom. The zero-order chi connectivity index (χ0) is 12.4. The summed E-state index contributed by atoms with van der Waals surface area (Å²) in [7, 11) is 1.74. The van der Waals surface area contributed by atoms with Gasteiger partial charge >= 0.3 is 6.61 Å². The minimum absolute atomic E-state index is 0.0857. The molecule has 1 aromatic heterocycles. The van der Waals surface area contributed by atoms with Crippen molar-refractivity contribution in [2.24, 2.45) is 7.05 Å². The molecule has 0 bridgehead atoms. The molecule has 0 radical (unpaired) electrons. The molecular weight excluding hydrogens is 228 g/mol. The van der Waals surface area contributed by atoms with Crippen molar-refractivity contribution in [1.29, 1.82) is 0 Å². The largest absolute Gasteiger partial charge is 0.435 e. The van der Waals surface area contributed by atoms with E-state index < -0.39 is 6.61 Å². The highest BCUT2D eigenvalue weighted by Crippen LogP contribution is 2.27. The fourth-order valence-corrected chi connectivity index (χ4v) is 1.55. The highest BCUT2D eigenvalue weighted by atomic mass is 19.3. The minimum Gasteiger partial charge on any atom is -0.435 e. The monoisotopic (exact) mass is 239 g/mol. The molecule has 0 saturated carbocycles. The van der Waals surface area contributed by atoms with Crippen molar-refractivity contribution >= 4 is 5.69 Å². The third-order valence-corrected chi connectivity index (χ3v) is 2.19. The topological polar surface area (TPSA) is 53.1 Å². The molecular formula is C11H11F2N3O. The molecule has 6 heteroatoms. The van der Waals surface area contributed by atoms with Crippen LogP contribution in [0.3, 0.4) is 0 Å². The van der Waals surface area contributed by atoms with Gasteiger partial charge in [-0.3, -0.25) is 4.68 Å². The lowest BCUT2D eigenvalue weighted by Gasteiger charge is -2.05. The molecule has 1 aromatic carbocycles. The molecule has 0 aliphatic heterocycles. The number of hydrogen-bond acceptors (Lipinski definition) is 3. The van der Waals surface area contributed by atoms with Crippen LogP contribution < -0.4 is 10.5 Å². The first-order valence-corrected chi connectivity index (χ1v) is 4.90. The molecule has 0 aliphatic rings. The zero-order valence-corrected chi connectivity index (χ0v) is 9.10. The van der Waals surface area contributed by atoms with Gasteiger partial charge in [-0.15, -0.1) is 0 Å². The first-order chi connectivity index (χ1) is 8.06. The number of benzene rings is 1. The summed E-state index contributed by atoms with van der Waals surface area (Å²) < 4.78 is 30.0. The number of aromatic nitrogens is 2. The van der Waals surface area contributed by atoms with E-state index in [0.717, 1.165) is 0 Å². The van der Waals surface area contributed by atoms with Gasteiger partial charge in [0.15, 0.2) is 0 Å². The van der Waals surface area contributed by atoms with E-state index in [-0.39, 0.29) is 5.75 Å². The van der Waals surface area contributed by atoms with E-state index in [4.69, 9.17) is 5.73 Å². The molecule has 2 aromatic rings. The van der Waals surface area contributed by atoms with Gasteiger partial charge in [-0.2, -0.15) is 13.9 Å². The Morgan fingerprint density at radius 1 is 1.41 bits per heavy atom. The molecule has 90 valence electrons. The second-order valence-electron chi connectivity index (χ2n) is 3.51. The van der Waals surface area contributed by atoms with Gasteiger partial charge in [0, 0.05) is 18.8 Å². The van der Waals surface area contributed by atoms with Gasteiger partial charge in [-0.1, -0.05) is 12.1 Å². The lowest BCUT2D eigenvalue weighted by molar-refractivity contribution is -0.0498. The molecule has 2 rings (SSSR count). The van der Waals surface area contributed by atoms with Crippen LogP contribution in [-0.4, -0.2) is 16.4 Å². The number of anilines is 1. The quantitative estimate of drug-likeness (QED) is 0.893. The number of alkyl halides is 2. The number of nitrogens with two attached hydrogens (primary N) is 1. The second kappa shape index (κ2) is 4.40. The average molecular weight is 239 g/mol. The van der Waals surface area contributed by atoms with Crippen molar-refractivity contribution in [2.45, 2.75) is 6.61 Å². The number of halogens is 2. The first-order valence-electron chi connectivity index (χ1n) is 4.90. The van der Waals surface area contributed by atoms with Crippen molar-refractivity contribution < 1.29 is 13.5 Å². The second-order valence-corrected chi connectivity index (χ2v) is 3.51. The van der Waals surface area contributed by atoms with Crippen LogP contribution in [0.25, 0.3) is 11.3 Å². The predicted molar refractivity (Wildman–Crippen MR) is 59.7 cm³/mol. The van der Waals surface area contributed by atoms with Crippen molar-refractivity contribution in [1.82, 2.24) is 9.78 Å². The summed E-state index contributed by atoms with van der Waals surface area (Å²) in [5, 5.41) is 4.15. The number of rotatable bonds is 3. The Kier molecular flexibility index (Phi) is 2.95. The van der Waals surface area contributed by atoms with Gasteiger partial charge in [0.2, 0.25) is 0 Å². The van der Waals surface area contributed by atoms with Gasteiger partial charge in [-0.05, 0) is 12.1 Å². The fourth-order valence-electron chi connectivity index (χ4n) is 1.55. The molecule has 4 nitrogen and oxygen atoms in total. The molecule has 0 amide bonds. The predicted octanol–water partition coefficient (Wildman–Crippen LogP) is 2.27. The third-order valence-electron chi connectivity index (χ3n) is 2.19. The lowest BCUT2D eigenvalue weighted by atomic mass is 10.1. The van der Waals surface area contributed by atoms with Gasteiger partial charge in [-0.25, -0.2) is 0 Å². The fraction of sp³-hybridized carbons (Fsp3) is 0.182. The van der Waals surface area contributed by atoms with Crippen LogP contribution in [0.5, 0.6) is 5.75 Å². The van der Waals surface area contributed by atoms with E-state index in [2.05, 4.69) is 9.84 Å². The number of nitrogen functional groups attached to an aromatic ring is 1. The van der Waals surface area contributed by atoms with E-state index in [1.807, 2.05) is 0 Å². The van der Waals surface area contributed by atoms with Crippen LogP contribution in [0.15, 0.2) is 30.5 Å². The Hall–Kier alpha value is -2.11. The van der Waals surface area contributed by atoms with E-state index in [1.165, 1.54) is 12.1 Å². The van der Waals surface area contributed by atoms with E-state index in [0.29, 0.717) is 16.9 Å². The first kappa shape index (κ1) is 11.4. The van der Waals surface area contributed by atoms with Crippen molar-refractivity contribution in [2.75, 3.05) is 5.73 Å². The summed E-state index contributed by atoms with van der Waals surface area (Å²) in [6.07, 6.45) is 1.65. The van der Waals surface area contributed by atoms with Crippen molar-refractivity contribution in [3.05, 3.63) is 30.5 Å². The maximum atomic E-state index is 12.1. The third kappa shape index (κ3) is 2.52. The van der Waals surface area contributed by atoms with Crippen molar-refractivity contribution in [3.8, 4) is 17.0 Å². The van der Waals surface area contributed by atoms with Gasteiger partial charge in [0.05, 0.1) is 5.69 Å². The molecule has 2 N–H and O–H groups in total. The van der Waals surface area contributed by atoms with E-state index in [9.17, 15) is 8.78 Å². The molecule has 17 heavy (non-hydrogen) atoms. The van der Waals surface area contributed by atoms with Crippen LogP contribution in [-0.2, 0) is 7.05 Å². The molecule has 0 aliphatic carbocycles. The summed E-state index contributed by atoms with van der Waals surface area (Å²) in [6, 6.07) is 6.28. The molecule has 0 spiro atoms. The van der Waals surface area contributed by atoms with Crippen LogP contribution in [0.2, 0.25) is 0 Å². The van der Waals surface area contributed by atoms with Gasteiger partial charge in [0.25, 0.3) is 0 Å². The highest BCUT2D eigenvalue weighted by molar-refractivity contribution is 5.72. The number of ether oxygens (including phenoxy) is 1. The standard InChI is InChI=1S/C11H11F2N3O/c1-16-6-9(14)10(15-16)7-3-2-4-8(5-7)17-11(12)13/h2-6,11H,14H2,1H3. The molecule has 0 saturated heterocycles. The normalized spacial score (nSPS) is 10.8. The smallest absolute Gasteiger partial charge is 0.387 e. The maximum Gasteiger partial charge on any atom is 0.387 e. The Labute approximate surface area is 96.6 Å². The van der Waals surface area contributed by atoms with Crippen molar-refractivity contribution in [3.63, 3.8) is 0 Å². The van der Waals surface area contributed by atoms with E-state index in [1.54, 1.807) is 30.1 Å². The molecule has 0 fully saturated rings. The summed E-state index contributed by atoms with van der Waals surface area (Å²) in [4.78, 5) is 0. The molecule has 1 heterocycles. The Balaban J connectivity index is 2.36. The van der Waals surface area contributed by atoms with Crippen LogP contribution in [0, 0.1) is 0 Å². The molecule has 0 unspecified atom stereocenters. The number of hydrogen-bond donors (Lipinski definition) is 1. The van der Waals surface area contributed by atoms with Crippen LogP contribution >= 0.6 is 0 Å². The number of nitrogens with zero attached hydrogens (tertiary/aromatic N) is 2. The Morgan fingerprint density at radius 3 is 2.76 bits per heavy atom. The van der Waals surface area contributed by atoms with Crippen LogP contribution in [0.4, 0.5) is 14.5 Å². The Bertz CT molecular complexity index is 525. The van der Waals surface area contributed by atoms with Gasteiger partial charge < -0.3 is 10.5 Å². The highest BCUT2D eigenvalue weighted by Gasteiger charge is 2.10. The van der Waals surface area contributed by atoms with E-state index >= 15 is 0 Å².